The van der Waals surface area contributed by atoms with E-state index in [1.807, 2.05) is 47.4 Å². The van der Waals surface area contributed by atoms with Crippen molar-refractivity contribution in [2.75, 3.05) is 39.9 Å². The van der Waals surface area contributed by atoms with E-state index in [9.17, 15) is 9.59 Å². The molecular formula is C27H32N2O4. The lowest BCUT2D eigenvalue weighted by atomic mass is 10.0. The molecule has 3 rings (SSSR count). The Balaban J connectivity index is 1.55. The van der Waals surface area contributed by atoms with Crippen molar-refractivity contribution in [3.63, 3.8) is 0 Å². The Morgan fingerprint density at radius 2 is 1.67 bits per heavy atom. The molecule has 1 aliphatic rings. The Bertz CT molecular complexity index is 1000. The fraction of sp³-hybridized carbons (Fsp3) is 0.333. The fourth-order valence-corrected chi connectivity index (χ4v) is 3.65. The number of carbonyl (C=O) groups is 2. The van der Waals surface area contributed by atoms with E-state index in [2.05, 4.69) is 20.4 Å². The van der Waals surface area contributed by atoms with Gasteiger partial charge in [-0.25, -0.2) is 0 Å². The second-order valence-electron chi connectivity index (χ2n) is 8.24. The van der Waals surface area contributed by atoms with Gasteiger partial charge in [-0.05, 0) is 47.4 Å². The smallest absolute Gasteiger partial charge is 0.253 e. The van der Waals surface area contributed by atoms with Gasteiger partial charge in [0, 0.05) is 37.8 Å². The molecule has 0 unspecified atom stereocenters. The Labute approximate surface area is 196 Å². The molecule has 1 aliphatic heterocycles. The highest BCUT2D eigenvalue weighted by Gasteiger charge is 2.24. The molecule has 0 N–H and O–H groups in total. The van der Waals surface area contributed by atoms with Crippen LogP contribution in [0.25, 0.3) is 6.08 Å². The summed E-state index contributed by atoms with van der Waals surface area (Å²) in [5.74, 6) is 1.59. The Hall–Kier alpha value is -3.54. The third-order valence-corrected chi connectivity index (χ3v) is 5.67. The van der Waals surface area contributed by atoms with Crippen LogP contribution in [0.2, 0.25) is 0 Å². The van der Waals surface area contributed by atoms with Gasteiger partial charge in [-0.2, -0.15) is 0 Å². The first-order valence-electron chi connectivity index (χ1n) is 11.2. The first-order valence-corrected chi connectivity index (χ1v) is 11.2. The first kappa shape index (κ1) is 24.1. The number of ether oxygens (including phenoxy) is 2. The van der Waals surface area contributed by atoms with Crippen LogP contribution in [0, 0.1) is 0 Å². The van der Waals surface area contributed by atoms with Gasteiger partial charge in [-0.15, -0.1) is 0 Å². The molecule has 0 atom stereocenters. The standard InChI is InChI=1S/C27H32N2O4/c1-5-18-33-24-12-6-21(19-25(24)32-4)7-13-26(30)28-14-16-29(17-15-28)27(31)23-10-8-22(9-11-23)20(2)3/h5-13,19-20H,1,14-18H2,2-4H3/b13-7+. The van der Waals surface area contributed by atoms with Gasteiger partial charge in [-0.3, -0.25) is 9.59 Å². The number of piperazine rings is 1. The number of amides is 2. The molecule has 6 nitrogen and oxygen atoms in total. The first-order chi connectivity index (χ1) is 15.9. The zero-order chi connectivity index (χ0) is 23.8. The van der Waals surface area contributed by atoms with Crippen molar-refractivity contribution in [2.24, 2.45) is 0 Å². The molecule has 0 saturated carbocycles. The Morgan fingerprint density at radius 1 is 1.00 bits per heavy atom. The summed E-state index contributed by atoms with van der Waals surface area (Å²) in [6.45, 7) is 10.4. The SMILES string of the molecule is C=CCOc1ccc(/C=C/C(=O)N2CCN(C(=O)c3ccc(C(C)C)cc3)CC2)cc1OC. The fourth-order valence-electron chi connectivity index (χ4n) is 3.65. The Morgan fingerprint density at radius 3 is 2.27 bits per heavy atom. The molecule has 1 saturated heterocycles. The van der Waals surface area contributed by atoms with Crippen LogP contribution in [0.5, 0.6) is 11.5 Å². The molecule has 6 heteroatoms. The number of benzene rings is 2. The van der Waals surface area contributed by atoms with Crippen LogP contribution in [0.15, 0.2) is 61.2 Å². The highest BCUT2D eigenvalue weighted by atomic mass is 16.5. The summed E-state index contributed by atoms with van der Waals surface area (Å²) in [5, 5.41) is 0. The zero-order valence-corrected chi connectivity index (χ0v) is 19.6. The van der Waals surface area contributed by atoms with Crippen molar-refractivity contribution in [1.82, 2.24) is 9.80 Å². The van der Waals surface area contributed by atoms with Crippen molar-refractivity contribution in [3.05, 3.63) is 77.9 Å². The summed E-state index contributed by atoms with van der Waals surface area (Å²) >= 11 is 0. The molecule has 2 aromatic carbocycles. The van der Waals surface area contributed by atoms with E-state index in [1.165, 1.54) is 5.56 Å². The molecule has 2 amide bonds. The highest BCUT2D eigenvalue weighted by molar-refractivity contribution is 5.95. The maximum atomic E-state index is 12.8. The number of hydrogen-bond acceptors (Lipinski definition) is 4. The summed E-state index contributed by atoms with van der Waals surface area (Å²) in [5.41, 5.74) is 2.74. The molecule has 1 fully saturated rings. The maximum absolute atomic E-state index is 12.8. The van der Waals surface area contributed by atoms with Crippen LogP contribution >= 0.6 is 0 Å². The molecular weight excluding hydrogens is 416 g/mol. The molecule has 0 aliphatic carbocycles. The Kier molecular flexibility index (Phi) is 8.30. The third-order valence-electron chi connectivity index (χ3n) is 5.67. The minimum absolute atomic E-state index is 0.0128. The maximum Gasteiger partial charge on any atom is 0.253 e. The number of hydrogen-bond donors (Lipinski definition) is 0. The van der Waals surface area contributed by atoms with Gasteiger partial charge in [0.15, 0.2) is 11.5 Å². The molecule has 174 valence electrons. The minimum atomic E-state index is -0.0747. The predicted octanol–water partition coefficient (Wildman–Crippen LogP) is 4.38. The van der Waals surface area contributed by atoms with Crippen molar-refractivity contribution in [1.29, 1.82) is 0 Å². The van der Waals surface area contributed by atoms with Gasteiger partial charge in [0.25, 0.3) is 5.91 Å². The van der Waals surface area contributed by atoms with Crippen LogP contribution < -0.4 is 9.47 Å². The van der Waals surface area contributed by atoms with E-state index in [0.29, 0.717) is 55.8 Å². The summed E-state index contributed by atoms with van der Waals surface area (Å²) in [6.07, 6.45) is 4.98. The summed E-state index contributed by atoms with van der Waals surface area (Å²) in [4.78, 5) is 29.0. The van der Waals surface area contributed by atoms with Gasteiger partial charge >= 0.3 is 0 Å². The van der Waals surface area contributed by atoms with E-state index in [4.69, 9.17) is 9.47 Å². The molecule has 0 spiro atoms. The summed E-state index contributed by atoms with van der Waals surface area (Å²) < 4.78 is 10.9. The average molecular weight is 449 g/mol. The van der Waals surface area contributed by atoms with Gasteiger partial charge in [0.1, 0.15) is 6.61 Å². The molecule has 0 bridgehead atoms. The molecule has 0 radical (unpaired) electrons. The van der Waals surface area contributed by atoms with Crippen LogP contribution in [0.4, 0.5) is 0 Å². The summed E-state index contributed by atoms with van der Waals surface area (Å²) in [6, 6.07) is 13.3. The van der Waals surface area contributed by atoms with E-state index in [-0.39, 0.29) is 11.8 Å². The number of methoxy groups -OCH3 is 1. The van der Waals surface area contributed by atoms with Crippen LogP contribution in [-0.2, 0) is 4.79 Å². The molecule has 33 heavy (non-hydrogen) atoms. The zero-order valence-electron chi connectivity index (χ0n) is 19.6. The second kappa shape index (κ2) is 11.4. The molecule has 0 aromatic heterocycles. The normalized spacial score (nSPS) is 13.9. The monoisotopic (exact) mass is 448 g/mol. The lowest BCUT2D eigenvalue weighted by molar-refractivity contribution is -0.127. The topological polar surface area (TPSA) is 59.1 Å². The predicted molar refractivity (Wildman–Crippen MR) is 131 cm³/mol. The number of nitrogens with zero attached hydrogens (tertiary/aromatic N) is 2. The van der Waals surface area contributed by atoms with Crippen molar-refractivity contribution in [3.8, 4) is 11.5 Å². The van der Waals surface area contributed by atoms with Gasteiger partial charge in [-0.1, -0.05) is 44.7 Å². The lowest BCUT2D eigenvalue weighted by Gasteiger charge is -2.34. The highest BCUT2D eigenvalue weighted by Crippen LogP contribution is 2.28. The van der Waals surface area contributed by atoms with Crippen molar-refractivity contribution >= 4 is 17.9 Å². The second-order valence-corrected chi connectivity index (χ2v) is 8.24. The van der Waals surface area contributed by atoms with Crippen molar-refractivity contribution in [2.45, 2.75) is 19.8 Å². The lowest BCUT2D eigenvalue weighted by Crippen LogP contribution is -2.50. The van der Waals surface area contributed by atoms with Crippen LogP contribution in [0.3, 0.4) is 0 Å². The van der Waals surface area contributed by atoms with E-state index in [0.717, 1.165) is 5.56 Å². The largest absolute Gasteiger partial charge is 0.493 e. The summed E-state index contributed by atoms with van der Waals surface area (Å²) in [7, 11) is 1.58. The molecule has 1 heterocycles. The molecule has 2 aromatic rings. The van der Waals surface area contributed by atoms with E-state index < -0.39 is 0 Å². The third kappa shape index (κ3) is 6.25. The van der Waals surface area contributed by atoms with E-state index in [1.54, 1.807) is 30.2 Å². The van der Waals surface area contributed by atoms with Gasteiger partial charge < -0.3 is 19.3 Å². The van der Waals surface area contributed by atoms with Crippen molar-refractivity contribution < 1.29 is 19.1 Å². The quantitative estimate of drug-likeness (QED) is 0.444. The number of carbonyl (C=O) groups excluding carboxylic acids is 2. The average Bonchev–Trinajstić information content (AvgIpc) is 2.85. The van der Waals surface area contributed by atoms with Crippen LogP contribution in [-0.4, -0.2) is 61.5 Å². The van der Waals surface area contributed by atoms with Crippen LogP contribution in [0.1, 0.15) is 41.3 Å². The van der Waals surface area contributed by atoms with Gasteiger partial charge in [0.2, 0.25) is 5.91 Å². The van der Waals surface area contributed by atoms with Gasteiger partial charge in [0.05, 0.1) is 7.11 Å². The number of rotatable bonds is 8. The van der Waals surface area contributed by atoms with E-state index >= 15 is 0 Å². The minimum Gasteiger partial charge on any atom is -0.493 e.